The number of carbonyl (C=O) groups excluding carboxylic acids is 2. The minimum atomic E-state index is -3.34. The quantitative estimate of drug-likeness (QED) is 0.664. The molecule has 1 aliphatic carbocycles. The fraction of sp³-hybridized carbons (Fsp3) is 0.190. The number of aryl methyl sites for hydroxylation is 1. The highest BCUT2D eigenvalue weighted by Gasteiger charge is 2.28. The third-order valence-corrected chi connectivity index (χ3v) is 6.18. The molecule has 4 rings (SSSR count). The molecule has 3 aromatic rings. The van der Waals surface area contributed by atoms with Gasteiger partial charge in [0.2, 0.25) is 5.91 Å². The molecular weight excluding hydrogens is 404 g/mol. The van der Waals surface area contributed by atoms with Crippen LogP contribution in [0.2, 0.25) is 0 Å². The molecule has 3 N–H and O–H groups in total. The molecule has 0 spiro atoms. The number of sulfone groups is 1. The van der Waals surface area contributed by atoms with Crippen LogP contribution in [-0.2, 0) is 27.5 Å². The average Bonchev–Trinajstić information content (AvgIpc) is 3.07. The maximum atomic E-state index is 12.0. The number of amides is 2. The van der Waals surface area contributed by atoms with Crippen molar-refractivity contribution in [2.75, 3.05) is 11.6 Å². The molecule has 1 heterocycles. The van der Waals surface area contributed by atoms with E-state index in [1.54, 1.807) is 16.8 Å². The van der Waals surface area contributed by atoms with Crippen LogP contribution in [0, 0.1) is 0 Å². The number of aromatic nitrogens is 2. The molecule has 0 aliphatic heterocycles. The standard InChI is InChI=1S/C21H20N4O4S/c1-12(26)23-14-5-3-13-4-10-17-19(21(22)27)24-25(20(17)18(13)11-14)15-6-8-16(9-7-15)30(2,28)29/h3,5-9,11H,4,10H2,1-2H3,(H2,22,27)(H,23,26). The molecule has 2 aromatic carbocycles. The van der Waals surface area contributed by atoms with Crippen molar-refractivity contribution in [2.45, 2.75) is 24.7 Å². The lowest BCUT2D eigenvalue weighted by Gasteiger charge is -2.20. The summed E-state index contributed by atoms with van der Waals surface area (Å²) in [4.78, 5) is 23.7. The van der Waals surface area contributed by atoms with Gasteiger partial charge in [-0.15, -0.1) is 0 Å². The van der Waals surface area contributed by atoms with E-state index >= 15 is 0 Å². The predicted molar refractivity (Wildman–Crippen MR) is 112 cm³/mol. The summed E-state index contributed by atoms with van der Waals surface area (Å²) in [6, 6.07) is 11.9. The normalized spacial score (nSPS) is 12.7. The Labute approximate surface area is 173 Å². The second-order valence-corrected chi connectivity index (χ2v) is 9.29. The number of anilines is 1. The maximum Gasteiger partial charge on any atom is 0.269 e. The van der Waals surface area contributed by atoms with Gasteiger partial charge in [-0.2, -0.15) is 5.10 Å². The van der Waals surface area contributed by atoms with Crippen molar-refractivity contribution in [1.82, 2.24) is 9.78 Å². The van der Waals surface area contributed by atoms with E-state index < -0.39 is 15.7 Å². The average molecular weight is 424 g/mol. The Kier molecular flexibility index (Phi) is 4.70. The number of fused-ring (bicyclic) bond motifs is 3. The first-order valence-electron chi connectivity index (χ1n) is 9.28. The number of carbonyl (C=O) groups is 2. The fourth-order valence-electron chi connectivity index (χ4n) is 3.74. The molecule has 0 bridgehead atoms. The lowest BCUT2D eigenvalue weighted by atomic mass is 9.88. The molecule has 0 fully saturated rings. The highest BCUT2D eigenvalue weighted by Crippen LogP contribution is 2.38. The van der Waals surface area contributed by atoms with Crippen LogP contribution < -0.4 is 11.1 Å². The number of nitrogens with one attached hydrogen (secondary N) is 1. The molecule has 0 radical (unpaired) electrons. The van der Waals surface area contributed by atoms with Crippen LogP contribution in [0.1, 0.15) is 28.5 Å². The fourth-order valence-corrected chi connectivity index (χ4v) is 4.37. The Balaban J connectivity index is 1.93. The number of nitrogens with zero attached hydrogens (tertiary/aromatic N) is 2. The van der Waals surface area contributed by atoms with E-state index in [1.165, 1.54) is 19.1 Å². The molecule has 154 valence electrons. The van der Waals surface area contributed by atoms with Crippen molar-refractivity contribution in [1.29, 1.82) is 0 Å². The first-order valence-corrected chi connectivity index (χ1v) is 11.2. The Morgan fingerprint density at radius 3 is 2.40 bits per heavy atom. The maximum absolute atomic E-state index is 12.0. The monoisotopic (exact) mass is 424 g/mol. The molecule has 0 atom stereocenters. The van der Waals surface area contributed by atoms with E-state index in [0.717, 1.165) is 22.9 Å². The summed E-state index contributed by atoms with van der Waals surface area (Å²) in [7, 11) is -3.34. The minimum Gasteiger partial charge on any atom is -0.364 e. The minimum absolute atomic E-state index is 0.186. The second-order valence-electron chi connectivity index (χ2n) is 7.27. The molecular formula is C21H20N4O4S. The van der Waals surface area contributed by atoms with Crippen LogP contribution >= 0.6 is 0 Å². The summed E-state index contributed by atoms with van der Waals surface area (Å²) in [5.41, 5.74) is 10.3. The van der Waals surface area contributed by atoms with E-state index in [1.807, 2.05) is 18.2 Å². The van der Waals surface area contributed by atoms with Crippen molar-refractivity contribution in [2.24, 2.45) is 5.73 Å². The summed E-state index contributed by atoms with van der Waals surface area (Å²) in [6.45, 7) is 1.43. The van der Waals surface area contributed by atoms with Gasteiger partial charge in [0.25, 0.3) is 5.91 Å². The van der Waals surface area contributed by atoms with Crippen molar-refractivity contribution in [3.05, 3.63) is 59.3 Å². The van der Waals surface area contributed by atoms with E-state index in [-0.39, 0.29) is 16.5 Å². The SMILES string of the molecule is CC(=O)Nc1ccc2c(c1)-c1c(c(C(N)=O)nn1-c1ccc(S(C)(=O)=O)cc1)CC2. The molecule has 9 heteroatoms. The molecule has 30 heavy (non-hydrogen) atoms. The lowest BCUT2D eigenvalue weighted by molar-refractivity contribution is -0.114. The Morgan fingerprint density at radius 1 is 1.10 bits per heavy atom. The third-order valence-electron chi connectivity index (χ3n) is 5.06. The second kappa shape index (κ2) is 7.10. The highest BCUT2D eigenvalue weighted by molar-refractivity contribution is 7.90. The molecule has 1 aliphatic rings. The van der Waals surface area contributed by atoms with Crippen LogP contribution in [-0.4, -0.2) is 36.3 Å². The number of hydrogen-bond donors (Lipinski definition) is 2. The first-order chi connectivity index (χ1) is 14.1. The third kappa shape index (κ3) is 3.48. The zero-order valence-corrected chi connectivity index (χ0v) is 17.3. The number of hydrogen-bond acceptors (Lipinski definition) is 5. The van der Waals surface area contributed by atoms with Gasteiger partial charge < -0.3 is 11.1 Å². The van der Waals surface area contributed by atoms with Crippen molar-refractivity contribution in [3.8, 4) is 16.9 Å². The summed E-state index contributed by atoms with van der Waals surface area (Å²) in [5.74, 6) is -0.812. The number of rotatable bonds is 4. The topological polar surface area (TPSA) is 124 Å². The number of primary amides is 1. The van der Waals surface area contributed by atoms with Gasteiger partial charge in [0.1, 0.15) is 0 Å². The van der Waals surface area contributed by atoms with Gasteiger partial charge >= 0.3 is 0 Å². The van der Waals surface area contributed by atoms with Crippen molar-refractivity contribution >= 4 is 27.3 Å². The molecule has 1 aromatic heterocycles. The zero-order chi connectivity index (χ0) is 21.6. The predicted octanol–water partition coefficient (Wildman–Crippen LogP) is 2.10. The first kappa shape index (κ1) is 19.8. The van der Waals surface area contributed by atoms with Crippen LogP contribution in [0.15, 0.2) is 47.4 Å². The van der Waals surface area contributed by atoms with Gasteiger partial charge in [0, 0.05) is 30.0 Å². The van der Waals surface area contributed by atoms with Crippen LogP contribution in [0.25, 0.3) is 16.9 Å². The summed E-state index contributed by atoms with van der Waals surface area (Å²) in [6.07, 6.45) is 2.45. The van der Waals surface area contributed by atoms with Gasteiger partial charge in [-0.1, -0.05) is 6.07 Å². The van der Waals surface area contributed by atoms with Crippen LogP contribution in [0.4, 0.5) is 5.69 Å². The van der Waals surface area contributed by atoms with Crippen molar-refractivity contribution in [3.63, 3.8) is 0 Å². The summed E-state index contributed by atoms with van der Waals surface area (Å²) in [5, 5.41) is 7.22. The Morgan fingerprint density at radius 2 is 1.80 bits per heavy atom. The van der Waals surface area contributed by atoms with E-state index in [2.05, 4.69) is 10.4 Å². The van der Waals surface area contributed by atoms with E-state index in [9.17, 15) is 18.0 Å². The van der Waals surface area contributed by atoms with Gasteiger partial charge in [-0.05, 0) is 54.8 Å². The summed E-state index contributed by atoms with van der Waals surface area (Å²) < 4.78 is 25.2. The molecule has 8 nitrogen and oxygen atoms in total. The Bertz CT molecular complexity index is 1290. The van der Waals surface area contributed by atoms with Crippen LogP contribution in [0.3, 0.4) is 0 Å². The molecule has 0 saturated heterocycles. The van der Waals surface area contributed by atoms with Crippen LogP contribution in [0.5, 0.6) is 0 Å². The van der Waals surface area contributed by atoms with Gasteiger partial charge in [-0.25, -0.2) is 13.1 Å². The van der Waals surface area contributed by atoms with Gasteiger partial charge in [-0.3, -0.25) is 9.59 Å². The molecule has 2 amide bonds. The molecule has 0 saturated carbocycles. The number of benzene rings is 2. The Hall–Kier alpha value is -3.46. The summed E-state index contributed by atoms with van der Waals surface area (Å²) >= 11 is 0. The number of nitrogens with two attached hydrogens (primary N) is 1. The van der Waals surface area contributed by atoms with E-state index in [0.29, 0.717) is 29.9 Å². The van der Waals surface area contributed by atoms with Crippen molar-refractivity contribution < 1.29 is 18.0 Å². The van der Waals surface area contributed by atoms with Gasteiger partial charge in [0.05, 0.1) is 16.3 Å². The van der Waals surface area contributed by atoms with Gasteiger partial charge in [0.15, 0.2) is 15.5 Å². The molecule has 0 unspecified atom stereocenters. The lowest BCUT2D eigenvalue weighted by Crippen LogP contribution is -2.15. The smallest absolute Gasteiger partial charge is 0.269 e. The largest absolute Gasteiger partial charge is 0.364 e. The zero-order valence-electron chi connectivity index (χ0n) is 16.5. The highest BCUT2D eigenvalue weighted by atomic mass is 32.2. The van der Waals surface area contributed by atoms with E-state index in [4.69, 9.17) is 5.73 Å².